The third kappa shape index (κ3) is 6.71. The van der Waals surface area contributed by atoms with E-state index in [0.29, 0.717) is 5.92 Å². The highest BCUT2D eigenvalue weighted by Gasteiger charge is 2.11. The van der Waals surface area contributed by atoms with E-state index >= 15 is 0 Å². The largest absolute Gasteiger partial charge is 0.385 e. The molecular weight excluding hydrogens is 238 g/mol. The van der Waals surface area contributed by atoms with Crippen molar-refractivity contribution in [2.24, 2.45) is 0 Å². The third-order valence-electron chi connectivity index (χ3n) is 3.29. The van der Waals surface area contributed by atoms with Crippen molar-refractivity contribution in [3.63, 3.8) is 0 Å². The SMILES string of the molecule is COCCCC(CNCCOC)c1cccc(C)c1. The van der Waals surface area contributed by atoms with Crippen molar-refractivity contribution in [3.05, 3.63) is 35.4 Å². The quantitative estimate of drug-likeness (QED) is 0.660. The smallest absolute Gasteiger partial charge is 0.0587 e. The van der Waals surface area contributed by atoms with Gasteiger partial charge >= 0.3 is 0 Å². The second-order valence-corrected chi connectivity index (χ2v) is 4.94. The van der Waals surface area contributed by atoms with Crippen molar-refractivity contribution < 1.29 is 9.47 Å². The number of benzene rings is 1. The van der Waals surface area contributed by atoms with Gasteiger partial charge in [-0.1, -0.05) is 29.8 Å². The maximum atomic E-state index is 5.15. The highest BCUT2D eigenvalue weighted by atomic mass is 16.5. The van der Waals surface area contributed by atoms with Gasteiger partial charge in [0.2, 0.25) is 0 Å². The fraction of sp³-hybridized carbons (Fsp3) is 0.625. The molecular formula is C16H27NO2. The van der Waals surface area contributed by atoms with Gasteiger partial charge in [-0.15, -0.1) is 0 Å². The lowest BCUT2D eigenvalue weighted by molar-refractivity contribution is 0.188. The van der Waals surface area contributed by atoms with Crippen molar-refractivity contribution in [2.75, 3.05) is 40.5 Å². The normalized spacial score (nSPS) is 12.6. The number of nitrogens with one attached hydrogen (secondary N) is 1. The van der Waals surface area contributed by atoms with Crippen LogP contribution in [-0.2, 0) is 9.47 Å². The number of methoxy groups -OCH3 is 2. The van der Waals surface area contributed by atoms with Gasteiger partial charge in [-0.2, -0.15) is 0 Å². The van der Waals surface area contributed by atoms with E-state index in [2.05, 4.69) is 36.5 Å². The van der Waals surface area contributed by atoms with Crippen LogP contribution in [-0.4, -0.2) is 40.5 Å². The van der Waals surface area contributed by atoms with Crippen LogP contribution in [0.2, 0.25) is 0 Å². The summed E-state index contributed by atoms with van der Waals surface area (Å²) in [4.78, 5) is 0. The molecule has 0 aliphatic rings. The van der Waals surface area contributed by atoms with E-state index in [4.69, 9.17) is 9.47 Å². The van der Waals surface area contributed by atoms with Crippen LogP contribution in [0.15, 0.2) is 24.3 Å². The summed E-state index contributed by atoms with van der Waals surface area (Å²) in [5.41, 5.74) is 2.74. The van der Waals surface area contributed by atoms with E-state index in [-0.39, 0.29) is 0 Å². The first-order valence-electron chi connectivity index (χ1n) is 7.03. The highest BCUT2D eigenvalue weighted by Crippen LogP contribution is 2.21. The zero-order valence-corrected chi connectivity index (χ0v) is 12.4. The zero-order chi connectivity index (χ0) is 13.9. The molecule has 0 radical (unpaired) electrons. The first-order chi connectivity index (χ1) is 9.27. The third-order valence-corrected chi connectivity index (χ3v) is 3.29. The molecule has 1 rings (SSSR count). The van der Waals surface area contributed by atoms with Crippen LogP contribution < -0.4 is 5.32 Å². The van der Waals surface area contributed by atoms with E-state index in [1.807, 2.05) is 0 Å². The lowest BCUT2D eigenvalue weighted by Crippen LogP contribution is -2.25. The molecule has 0 aromatic heterocycles. The standard InChI is InChI=1S/C16H27NO2/c1-14-6-4-7-15(12-14)16(8-5-10-18-2)13-17-9-11-19-3/h4,6-7,12,16-17H,5,8-11,13H2,1-3H3. The summed E-state index contributed by atoms with van der Waals surface area (Å²) in [5, 5.41) is 3.47. The van der Waals surface area contributed by atoms with E-state index in [9.17, 15) is 0 Å². The summed E-state index contributed by atoms with van der Waals surface area (Å²) in [5.74, 6) is 0.548. The summed E-state index contributed by atoms with van der Waals surface area (Å²) in [6, 6.07) is 8.80. The molecule has 0 spiro atoms. The highest BCUT2D eigenvalue weighted by molar-refractivity contribution is 5.25. The fourth-order valence-electron chi connectivity index (χ4n) is 2.24. The van der Waals surface area contributed by atoms with Crippen LogP contribution in [0.5, 0.6) is 0 Å². The van der Waals surface area contributed by atoms with Gasteiger partial charge in [-0.3, -0.25) is 0 Å². The molecule has 0 saturated heterocycles. The predicted octanol–water partition coefficient (Wildman–Crippen LogP) is 2.74. The molecule has 0 saturated carbocycles. The molecule has 0 aliphatic heterocycles. The van der Waals surface area contributed by atoms with Gasteiger partial charge in [-0.05, 0) is 31.2 Å². The molecule has 0 heterocycles. The molecule has 0 bridgehead atoms. The van der Waals surface area contributed by atoms with Crippen LogP contribution >= 0.6 is 0 Å². The molecule has 1 unspecified atom stereocenters. The minimum absolute atomic E-state index is 0.548. The number of hydrogen-bond acceptors (Lipinski definition) is 3. The lowest BCUT2D eigenvalue weighted by atomic mass is 9.93. The van der Waals surface area contributed by atoms with Gasteiger partial charge in [-0.25, -0.2) is 0 Å². The topological polar surface area (TPSA) is 30.5 Å². The molecule has 1 N–H and O–H groups in total. The number of rotatable bonds is 10. The monoisotopic (exact) mass is 265 g/mol. The number of aryl methyl sites for hydroxylation is 1. The summed E-state index contributed by atoms with van der Waals surface area (Å²) in [6.07, 6.45) is 2.25. The molecule has 1 aromatic carbocycles. The Labute approximate surface area is 117 Å². The first kappa shape index (κ1) is 16.2. The Bertz CT molecular complexity index is 341. The Hall–Kier alpha value is -0.900. The molecule has 0 aliphatic carbocycles. The first-order valence-corrected chi connectivity index (χ1v) is 7.03. The van der Waals surface area contributed by atoms with Crippen LogP contribution in [0.3, 0.4) is 0 Å². The van der Waals surface area contributed by atoms with Crippen LogP contribution in [0.1, 0.15) is 29.9 Å². The van der Waals surface area contributed by atoms with Crippen LogP contribution in [0, 0.1) is 6.92 Å². The Morgan fingerprint density at radius 2 is 1.95 bits per heavy atom. The Morgan fingerprint density at radius 3 is 2.63 bits per heavy atom. The molecule has 3 nitrogen and oxygen atoms in total. The summed E-state index contributed by atoms with van der Waals surface area (Å²) >= 11 is 0. The van der Waals surface area contributed by atoms with Crippen molar-refractivity contribution in [1.29, 1.82) is 0 Å². The van der Waals surface area contributed by atoms with Gasteiger partial charge < -0.3 is 14.8 Å². The Morgan fingerprint density at radius 1 is 1.16 bits per heavy atom. The molecule has 0 amide bonds. The fourth-order valence-corrected chi connectivity index (χ4v) is 2.24. The van der Waals surface area contributed by atoms with E-state index < -0.39 is 0 Å². The number of ether oxygens (including phenoxy) is 2. The van der Waals surface area contributed by atoms with Crippen LogP contribution in [0.4, 0.5) is 0 Å². The van der Waals surface area contributed by atoms with Gasteiger partial charge in [0.25, 0.3) is 0 Å². The lowest BCUT2D eigenvalue weighted by Gasteiger charge is -2.18. The molecule has 0 fully saturated rings. The number of hydrogen-bond donors (Lipinski definition) is 1. The molecule has 1 aromatic rings. The van der Waals surface area contributed by atoms with Gasteiger partial charge in [0.15, 0.2) is 0 Å². The molecule has 19 heavy (non-hydrogen) atoms. The molecule has 108 valence electrons. The zero-order valence-electron chi connectivity index (χ0n) is 12.4. The molecule has 3 heteroatoms. The van der Waals surface area contributed by atoms with Crippen LogP contribution in [0.25, 0.3) is 0 Å². The summed E-state index contributed by atoms with van der Waals surface area (Å²) < 4.78 is 10.2. The minimum Gasteiger partial charge on any atom is -0.385 e. The second kappa shape index (κ2) is 9.96. The van der Waals surface area contributed by atoms with Crippen molar-refractivity contribution in [3.8, 4) is 0 Å². The van der Waals surface area contributed by atoms with Crippen molar-refractivity contribution >= 4 is 0 Å². The minimum atomic E-state index is 0.548. The van der Waals surface area contributed by atoms with E-state index in [1.165, 1.54) is 11.1 Å². The Balaban J connectivity index is 2.52. The van der Waals surface area contributed by atoms with Crippen molar-refractivity contribution in [2.45, 2.75) is 25.7 Å². The Kier molecular flexibility index (Phi) is 8.47. The maximum absolute atomic E-state index is 5.15. The van der Waals surface area contributed by atoms with Crippen molar-refractivity contribution in [1.82, 2.24) is 5.32 Å². The van der Waals surface area contributed by atoms with E-state index in [1.54, 1.807) is 14.2 Å². The summed E-state index contributed by atoms with van der Waals surface area (Å²) in [6.45, 7) is 5.65. The average molecular weight is 265 g/mol. The molecule has 1 atom stereocenters. The second-order valence-electron chi connectivity index (χ2n) is 4.94. The van der Waals surface area contributed by atoms with Gasteiger partial charge in [0.05, 0.1) is 6.61 Å². The maximum Gasteiger partial charge on any atom is 0.0587 e. The summed E-state index contributed by atoms with van der Waals surface area (Å²) in [7, 11) is 3.50. The predicted molar refractivity (Wildman–Crippen MR) is 79.8 cm³/mol. The van der Waals surface area contributed by atoms with E-state index in [0.717, 1.165) is 39.1 Å². The van der Waals surface area contributed by atoms with Gasteiger partial charge in [0, 0.05) is 33.9 Å². The average Bonchev–Trinajstić information content (AvgIpc) is 2.41. The van der Waals surface area contributed by atoms with Gasteiger partial charge in [0.1, 0.15) is 0 Å².